The molecule has 0 bridgehead atoms. The molecule has 0 saturated heterocycles. The topological polar surface area (TPSA) is 143 Å². The van der Waals surface area contributed by atoms with E-state index in [0.29, 0.717) is 18.0 Å². The Labute approximate surface area is 247 Å². The number of H-pyrrole nitrogens is 1. The molecule has 1 amide bonds. The molecule has 3 heterocycles. The number of aromatic amines is 1. The van der Waals surface area contributed by atoms with Crippen LogP contribution in [0.2, 0.25) is 0 Å². The van der Waals surface area contributed by atoms with Crippen LogP contribution in [0.15, 0.2) is 82.8 Å². The fourth-order valence-electron chi connectivity index (χ4n) is 4.61. The smallest absolute Gasteiger partial charge is 0.286 e. The van der Waals surface area contributed by atoms with Crippen LogP contribution < -0.4 is 10.1 Å². The number of hydrogen-bond acceptors (Lipinski definition) is 9. The molecule has 0 aliphatic carbocycles. The van der Waals surface area contributed by atoms with Gasteiger partial charge in [0.25, 0.3) is 5.91 Å². The van der Waals surface area contributed by atoms with Gasteiger partial charge in [-0.05, 0) is 53.9 Å². The van der Waals surface area contributed by atoms with Crippen LogP contribution in [0.25, 0.3) is 11.0 Å². The number of nitrogens with one attached hydrogen (secondary N) is 2. The first-order chi connectivity index (χ1) is 20.4. The van der Waals surface area contributed by atoms with Gasteiger partial charge in [-0.2, -0.15) is 4.31 Å². The van der Waals surface area contributed by atoms with E-state index in [4.69, 9.17) is 14.2 Å². The Kier molecular flexibility index (Phi) is 9.55. The SMILES string of the molecule is COc1ccc(S(=O)(=O)N(CCO)CCO[C@@H]2C[C@H](c3cccs3)C=C(C(=O)NCc3nc4ccccc4[nH]3)O2)cc1. The zero-order valence-corrected chi connectivity index (χ0v) is 24.6. The molecule has 0 fully saturated rings. The third-order valence-corrected chi connectivity index (χ3v) is 9.65. The molecule has 222 valence electrons. The van der Waals surface area contributed by atoms with Crippen LogP contribution >= 0.6 is 11.3 Å². The highest BCUT2D eigenvalue weighted by atomic mass is 32.2. The Morgan fingerprint density at radius 3 is 2.69 bits per heavy atom. The van der Waals surface area contributed by atoms with E-state index in [-0.39, 0.29) is 49.4 Å². The molecule has 2 atom stereocenters. The third-order valence-electron chi connectivity index (χ3n) is 6.74. The summed E-state index contributed by atoms with van der Waals surface area (Å²) in [5, 5.41) is 14.4. The van der Waals surface area contributed by atoms with Gasteiger partial charge in [-0.1, -0.05) is 18.2 Å². The number of carbonyl (C=O) groups excluding carboxylic acids is 1. The van der Waals surface area contributed by atoms with Crippen LogP contribution in [0.3, 0.4) is 0 Å². The van der Waals surface area contributed by atoms with E-state index in [9.17, 15) is 18.3 Å². The minimum Gasteiger partial charge on any atom is -0.497 e. The van der Waals surface area contributed by atoms with Gasteiger partial charge in [-0.15, -0.1) is 11.3 Å². The van der Waals surface area contributed by atoms with Crippen molar-refractivity contribution in [3.8, 4) is 5.75 Å². The van der Waals surface area contributed by atoms with E-state index in [1.807, 2.05) is 41.8 Å². The average Bonchev–Trinajstić information content (AvgIpc) is 3.70. The van der Waals surface area contributed by atoms with E-state index in [2.05, 4.69) is 15.3 Å². The minimum absolute atomic E-state index is 0.00883. The molecule has 5 rings (SSSR count). The maximum Gasteiger partial charge on any atom is 0.286 e. The highest BCUT2D eigenvalue weighted by Crippen LogP contribution is 2.34. The summed E-state index contributed by atoms with van der Waals surface area (Å²) in [6.07, 6.45) is 1.45. The normalized spacial score (nSPS) is 17.2. The van der Waals surface area contributed by atoms with Crippen molar-refractivity contribution < 1.29 is 32.5 Å². The van der Waals surface area contributed by atoms with Crippen molar-refractivity contribution >= 4 is 38.3 Å². The number of nitrogens with zero attached hydrogens (tertiary/aromatic N) is 2. The lowest BCUT2D eigenvalue weighted by Gasteiger charge is -2.29. The Balaban J connectivity index is 1.23. The van der Waals surface area contributed by atoms with Crippen LogP contribution in [0.5, 0.6) is 5.75 Å². The summed E-state index contributed by atoms with van der Waals surface area (Å²) in [7, 11) is -2.39. The number of carbonyl (C=O) groups is 1. The number of methoxy groups -OCH3 is 1. The number of imidazole rings is 1. The molecule has 0 spiro atoms. The number of hydrogen-bond donors (Lipinski definition) is 3. The van der Waals surface area contributed by atoms with Crippen LogP contribution in [0.1, 0.15) is 23.0 Å². The highest BCUT2D eigenvalue weighted by molar-refractivity contribution is 7.89. The van der Waals surface area contributed by atoms with Gasteiger partial charge in [-0.3, -0.25) is 4.79 Å². The number of sulfonamides is 1. The Morgan fingerprint density at radius 1 is 1.17 bits per heavy atom. The predicted octanol–water partition coefficient (Wildman–Crippen LogP) is 3.36. The standard InChI is InChI=1S/C29H32N4O7S2/c1-38-21-8-10-22(11-9-21)42(36,37)33(12-14-34)13-15-39-28-18-20(26-7-4-16-41-26)17-25(40-28)29(35)30-19-27-31-23-5-2-3-6-24(23)32-27/h2-11,16-17,20,28,34H,12-15,18-19H2,1H3,(H,30,35)(H,31,32)/t20-,28+/m1/s1. The molecule has 11 nitrogen and oxygen atoms in total. The van der Waals surface area contributed by atoms with Crippen molar-refractivity contribution in [1.29, 1.82) is 0 Å². The summed E-state index contributed by atoms with van der Waals surface area (Å²) in [5.41, 5.74) is 1.69. The van der Waals surface area contributed by atoms with Gasteiger partial charge >= 0.3 is 0 Å². The molecule has 1 aliphatic rings. The molecule has 0 unspecified atom stereocenters. The molecule has 2 aromatic heterocycles. The fraction of sp³-hybridized carbons (Fsp3) is 0.310. The fourth-order valence-corrected chi connectivity index (χ4v) is 6.83. The van der Waals surface area contributed by atoms with Crippen molar-refractivity contribution in [3.63, 3.8) is 0 Å². The second kappa shape index (κ2) is 13.5. The van der Waals surface area contributed by atoms with Crippen molar-refractivity contribution in [2.45, 2.75) is 30.1 Å². The van der Waals surface area contributed by atoms with E-state index in [0.717, 1.165) is 20.2 Å². The maximum absolute atomic E-state index is 13.2. The molecule has 0 radical (unpaired) electrons. The number of aromatic nitrogens is 2. The van der Waals surface area contributed by atoms with Crippen molar-refractivity contribution in [3.05, 3.63) is 88.6 Å². The van der Waals surface area contributed by atoms with Crippen LogP contribution in [-0.2, 0) is 30.8 Å². The zero-order valence-electron chi connectivity index (χ0n) is 22.9. The summed E-state index contributed by atoms with van der Waals surface area (Å²) < 4.78 is 44.6. The highest BCUT2D eigenvalue weighted by Gasteiger charge is 2.30. The van der Waals surface area contributed by atoms with Crippen LogP contribution in [-0.4, -0.2) is 73.4 Å². The lowest BCUT2D eigenvalue weighted by molar-refractivity contribution is -0.146. The number of rotatable bonds is 13. The number of amides is 1. The second-order valence-electron chi connectivity index (χ2n) is 9.49. The van der Waals surface area contributed by atoms with E-state index in [1.54, 1.807) is 29.5 Å². The summed E-state index contributed by atoms with van der Waals surface area (Å²) in [6, 6.07) is 17.6. The van der Waals surface area contributed by atoms with Gasteiger partial charge in [0.15, 0.2) is 5.76 Å². The van der Waals surface area contributed by atoms with Gasteiger partial charge in [0.05, 0.1) is 42.8 Å². The molecule has 2 aromatic carbocycles. The molecule has 1 aliphatic heterocycles. The number of allylic oxidation sites excluding steroid dienone is 1. The Hall–Kier alpha value is -3.75. The van der Waals surface area contributed by atoms with E-state index < -0.39 is 22.2 Å². The molecular formula is C29H32N4O7S2. The van der Waals surface area contributed by atoms with Crippen molar-refractivity contribution in [1.82, 2.24) is 19.6 Å². The van der Waals surface area contributed by atoms with Crippen LogP contribution in [0.4, 0.5) is 0 Å². The van der Waals surface area contributed by atoms with Gasteiger partial charge < -0.3 is 29.6 Å². The minimum atomic E-state index is -3.89. The predicted molar refractivity (Wildman–Crippen MR) is 157 cm³/mol. The second-order valence-corrected chi connectivity index (χ2v) is 12.4. The lowest BCUT2D eigenvalue weighted by Crippen LogP contribution is -2.38. The summed E-state index contributed by atoms with van der Waals surface area (Å²) in [5.74, 6) is 0.747. The number of ether oxygens (including phenoxy) is 3. The first-order valence-electron chi connectivity index (χ1n) is 13.4. The Morgan fingerprint density at radius 2 is 1.98 bits per heavy atom. The molecule has 3 N–H and O–H groups in total. The lowest BCUT2D eigenvalue weighted by atomic mass is 9.99. The third kappa shape index (κ3) is 6.99. The average molecular weight is 613 g/mol. The number of fused-ring (bicyclic) bond motifs is 1. The maximum atomic E-state index is 13.2. The first kappa shape index (κ1) is 29.7. The van der Waals surface area contributed by atoms with Crippen molar-refractivity contribution in [2.75, 3.05) is 33.4 Å². The largest absolute Gasteiger partial charge is 0.497 e. The summed E-state index contributed by atoms with van der Waals surface area (Å²) in [4.78, 5) is 21.9. The summed E-state index contributed by atoms with van der Waals surface area (Å²) >= 11 is 1.57. The molecule has 4 aromatic rings. The number of aliphatic hydroxyl groups is 1. The van der Waals surface area contributed by atoms with E-state index >= 15 is 0 Å². The van der Waals surface area contributed by atoms with Gasteiger partial charge in [-0.25, -0.2) is 13.4 Å². The summed E-state index contributed by atoms with van der Waals surface area (Å²) in [6.45, 7) is -0.298. The number of aliphatic hydroxyl groups excluding tert-OH is 1. The van der Waals surface area contributed by atoms with Crippen molar-refractivity contribution in [2.24, 2.45) is 0 Å². The van der Waals surface area contributed by atoms with Gasteiger partial charge in [0.1, 0.15) is 11.6 Å². The number of benzene rings is 2. The molecule has 13 heteroatoms. The van der Waals surface area contributed by atoms with Crippen LogP contribution in [0, 0.1) is 0 Å². The molecule has 42 heavy (non-hydrogen) atoms. The zero-order chi connectivity index (χ0) is 29.5. The first-order valence-corrected chi connectivity index (χ1v) is 15.7. The van der Waals surface area contributed by atoms with Gasteiger partial charge in [0, 0.05) is 30.3 Å². The quantitative estimate of drug-likeness (QED) is 0.209. The number of thiophene rings is 1. The monoisotopic (exact) mass is 612 g/mol. The Bertz CT molecular complexity index is 1590. The molecule has 0 saturated carbocycles. The van der Waals surface area contributed by atoms with E-state index in [1.165, 1.54) is 19.2 Å². The molecular weight excluding hydrogens is 580 g/mol. The van der Waals surface area contributed by atoms with Gasteiger partial charge in [0.2, 0.25) is 16.3 Å². The number of para-hydroxylation sites is 2.